The van der Waals surface area contributed by atoms with Gasteiger partial charge in [-0.2, -0.15) is 0 Å². The van der Waals surface area contributed by atoms with Gasteiger partial charge in [0, 0.05) is 29.1 Å². The molecule has 3 N–H and O–H groups in total. The Labute approximate surface area is 143 Å². The fourth-order valence-corrected chi connectivity index (χ4v) is 2.25. The fraction of sp³-hybridized carbons (Fsp3) is 0.368. The number of benzene rings is 1. The zero-order valence-electron chi connectivity index (χ0n) is 14.6. The van der Waals surface area contributed by atoms with Gasteiger partial charge >= 0.3 is 0 Å². The predicted octanol–water partition coefficient (Wildman–Crippen LogP) is 1.64. The Morgan fingerprint density at radius 1 is 1.12 bits per heavy atom. The van der Waals surface area contributed by atoms with E-state index in [0.29, 0.717) is 5.75 Å². The lowest BCUT2D eigenvalue weighted by molar-refractivity contribution is -0.686. The predicted molar refractivity (Wildman–Crippen MR) is 93.4 cm³/mol. The van der Waals surface area contributed by atoms with Crippen LogP contribution in [0.1, 0.15) is 31.9 Å². The molecule has 0 saturated carbocycles. The third kappa shape index (κ3) is 6.79. The van der Waals surface area contributed by atoms with Gasteiger partial charge in [-0.15, -0.1) is 0 Å². The average Bonchev–Trinajstić information content (AvgIpc) is 2.53. The Morgan fingerprint density at radius 3 is 2.46 bits per heavy atom. The first-order valence-electron chi connectivity index (χ1n) is 8.16. The number of nitrogens with zero attached hydrogens (tertiary/aromatic N) is 1. The summed E-state index contributed by atoms with van der Waals surface area (Å²) in [4.78, 5) is 15.8. The van der Waals surface area contributed by atoms with Gasteiger partial charge in [0.1, 0.15) is 18.8 Å². The second-order valence-electron chi connectivity index (χ2n) is 6.79. The van der Waals surface area contributed by atoms with Crippen molar-refractivity contribution in [2.24, 2.45) is 0 Å². The molecule has 0 fully saturated rings. The number of ether oxygens (including phenoxy) is 1. The summed E-state index contributed by atoms with van der Waals surface area (Å²) in [6.45, 7) is 7.66. The highest BCUT2D eigenvalue weighted by Gasteiger charge is 2.13. The highest BCUT2D eigenvalue weighted by Crippen LogP contribution is 2.11. The van der Waals surface area contributed by atoms with Crippen LogP contribution in [0.15, 0.2) is 48.8 Å². The highest BCUT2D eigenvalue weighted by atomic mass is 16.5. The van der Waals surface area contributed by atoms with Gasteiger partial charge in [-0.3, -0.25) is 9.78 Å². The molecule has 0 atom stereocenters. The molecule has 5 nitrogen and oxygen atoms in total. The van der Waals surface area contributed by atoms with Crippen molar-refractivity contribution in [1.29, 1.82) is 0 Å². The molecule has 0 aliphatic carbocycles. The number of carbonyl (C=O) groups is 1. The lowest BCUT2D eigenvalue weighted by atomic mass is 10.1. The smallest absolute Gasteiger partial charge is 0.258 e. The summed E-state index contributed by atoms with van der Waals surface area (Å²) in [5.41, 5.74) is 2.18. The molecule has 0 spiro atoms. The molecule has 1 heterocycles. The van der Waals surface area contributed by atoms with Crippen molar-refractivity contribution >= 4 is 5.91 Å². The second kappa shape index (κ2) is 8.45. The summed E-state index contributed by atoms with van der Waals surface area (Å²) >= 11 is 0. The largest absolute Gasteiger partial charge is 0.484 e. The zero-order chi connectivity index (χ0) is 17.4. The number of quaternary nitrogens is 1. The Balaban J connectivity index is 1.73. The maximum Gasteiger partial charge on any atom is 0.258 e. The number of nitrogens with two attached hydrogens (primary N) is 1. The molecule has 2 aromatic rings. The first kappa shape index (κ1) is 17.9. The number of rotatable bonds is 7. The van der Waals surface area contributed by atoms with E-state index < -0.39 is 0 Å². The van der Waals surface area contributed by atoms with E-state index in [4.69, 9.17) is 4.74 Å². The molecule has 0 radical (unpaired) electrons. The van der Waals surface area contributed by atoms with Crippen molar-refractivity contribution in [1.82, 2.24) is 10.3 Å². The maximum absolute atomic E-state index is 11.7. The van der Waals surface area contributed by atoms with Crippen LogP contribution in [0, 0.1) is 0 Å². The number of pyridine rings is 1. The van der Waals surface area contributed by atoms with Crippen LogP contribution < -0.4 is 15.4 Å². The van der Waals surface area contributed by atoms with E-state index in [1.165, 1.54) is 11.1 Å². The molecular formula is C19H26N3O2+. The number of aromatic nitrogens is 1. The molecule has 1 aromatic heterocycles. The monoisotopic (exact) mass is 328 g/mol. The Kier molecular flexibility index (Phi) is 6.32. The van der Waals surface area contributed by atoms with E-state index in [1.54, 1.807) is 6.20 Å². The normalized spacial score (nSPS) is 11.1. The van der Waals surface area contributed by atoms with E-state index >= 15 is 0 Å². The van der Waals surface area contributed by atoms with Crippen LogP contribution in [-0.2, 0) is 17.9 Å². The molecule has 1 aromatic carbocycles. The molecule has 0 aliphatic heterocycles. The third-order valence-corrected chi connectivity index (χ3v) is 3.29. The number of carbonyl (C=O) groups excluding carboxylic acids is 1. The SMILES string of the molecule is CC(C)(C)NC(=O)COc1ccc(C[NH2+]Cc2cccnc2)cc1. The van der Waals surface area contributed by atoms with Crippen LogP contribution in [0.4, 0.5) is 0 Å². The molecule has 5 heteroatoms. The number of hydrogen-bond acceptors (Lipinski definition) is 3. The summed E-state index contributed by atoms with van der Waals surface area (Å²) in [6, 6.07) is 11.9. The summed E-state index contributed by atoms with van der Waals surface area (Å²) in [5, 5.41) is 5.10. The Hall–Kier alpha value is -2.40. The lowest BCUT2D eigenvalue weighted by Crippen LogP contribution is -2.80. The van der Waals surface area contributed by atoms with Gasteiger partial charge in [0.2, 0.25) is 0 Å². The number of hydrogen-bond donors (Lipinski definition) is 2. The first-order valence-corrected chi connectivity index (χ1v) is 8.16. The first-order chi connectivity index (χ1) is 11.4. The van der Waals surface area contributed by atoms with E-state index in [9.17, 15) is 4.79 Å². The van der Waals surface area contributed by atoms with Crippen molar-refractivity contribution in [2.75, 3.05) is 6.61 Å². The van der Waals surface area contributed by atoms with Crippen LogP contribution in [0.3, 0.4) is 0 Å². The molecule has 0 aliphatic rings. The van der Waals surface area contributed by atoms with Crippen molar-refractivity contribution in [3.05, 3.63) is 59.9 Å². The minimum absolute atomic E-state index is 0.0315. The molecule has 2 rings (SSSR count). The molecule has 128 valence electrons. The van der Waals surface area contributed by atoms with Crippen molar-refractivity contribution in [2.45, 2.75) is 39.4 Å². The molecule has 0 unspecified atom stereocenters. The lowest BCUT2D eigenvalue weighted by Gasteiger charge is -2.20. The van der Waals surface area contributed by atoms with Crippen LogP contribution in [-0.4, -0.2) is 23.0 Å². The second-order valence-corrected chi connectivity index (χ2v) is 6.79. The molecule has 1 amide bonds. The highest BCUT2D eigenvalue weighted by molar-refractivity contribution is 5.78. The minimum atomic E-state index is -0.242. The third-order valence-electron chi connectivity index (χ3n) is 3.29. The van der Waals surface area contributed by atoms with Gasteiger partial charge in [0.25, 0.3) is 5.91 Å². The molecule has 0 bridgehead atoms. The average molecular weight is 328 g/mol. The minimum Gasteiger partial charge on any atom is -0.484 e. The van der Waals surface area contributed by atoms with Crippen molar-refractivity contribution in [3.63, 3.8) is 0 Å². The van der Waals surface area contributed by atoms with Crippen LogP contribution in [0.25, 0.3) is 0 Å². The summed E-state index contributed by atoms with van der Waals surface area (Å²) in [6.07, 6.45) is 3.67. The van der Waals surface area contributed by atoms with Gasteiger partial charge in [-0.05, 0) is 51.1 Å². The van der Waals surface area contributed by atoms with Gasteiger partial charge in [0.05, 0.1) is 0 Å². The zero-order valence-corrected chi connectivity index (χ0v) is 14.6. The number of nitrogens with one attached hydrogen (secondary N) is 1. The quantitative estimate of drug-likeness (QED) is 0.812. The van der Waals surface area contributed by atoms with E-state index in [0.717, 1.165) is 13.1 Å². The van der Waals surface area contributed by atoms with E-state index in [1.807, 2.05) is 57.3 Å². The van der Waals surface area contributed by atoms with E-state index in [-0.39, 0.29) is 18.1 Å². The summed E-state index contributed by atoms with van der Waals surface area (Å²) < 4.78 is 5.51. The van der Waals surface area contributed by atoms with Crippen LogP contribution in [0.5, 0.6) is 5.75 Å². The standard InChI is InChI=1S/C19H25N3O2/c1-19(2,3)22-18(23)14-24-17-8-6-15(7-9-17)11-21-13-16-5-4-10-20-12-16/h4-10,12,21H,11,13-14H2,1-3H3,(H,22,23)/p+1. The number of amides is 1. The Bertz CT molecular complexity index is 634. The summed E-state index contributed by atoms with van der Waals surface area (Å²) in [5.74, 6) is 0.589. The van der Waals surface area contributed by atoms with E-state index in [2.05, 4.69) is 21.7 Å². The summed E-state index contributed by atoms with van der Waals surface area (Å²) in [7, 11) is 0. The Morgan fingerprint density at radius 2 is 1.83 bits per heavy atom. The van der Waals surface area contributed by atoms with Crippen molar-refractivity contribution in [3.8, 4) is 5.75 Å². The topological polar surface area (TPSA) is 67.8 Å². The van der Waals surface area contributed by atoms with Gasteiger partial charge < -0.3 is 15.4 Å². The van der Waals surface area contributed by atoms with Gasteiger partial charge in [-0.1, -0.05) is 6.07 Å². The van der Waals surface area contributed by atoms with Gasteiger partial charge in [-0.25, -0.2) is 0 Å². The van der Waals surface area contributed by atoms with Crippen molar-refractivity contribution < 1.29 is 14.8 Å². The molecule has 0 saturated heterocycles. The van der Waals surface area contributed by atoms with Crippen LogP contribution in [0.2, 0.25) is 0 Å². The van der Waals surface area contributed by atoms with Crippen LogP contribution >= 0.6 is 0 Å². The fourth-order valence-electron chi connectivity index (χ4n) is 2.25. The molecule has 24 heavy (non-hydrogen) atoms. The van der Waals surface area contributed by atoms with Gasteiger partial charge in [0.15, 0.2) is 6.61 Å². The maximum atomic E-state index is 11.7. The molecular weight excluding hydrogens is 302 g/mol.